The summed E-state index contributed by atoms with van der Waals surface area (Å²) in [6, 6.07) is 30.2. The van der Waals surface area contributed by atoms with E-state index in [1.807, 2.05) is 0 Å². The van der Waals surface area contributed by atoms with Gasteiger partial charge in [-0.25, -0.2) is 0 Å². The maximum absolute atomic E-state index is 6.32. The Labute approximate surface area is 155 Å². The SMILES string of the molecule is C(=C1/c2ccccc2[C@@H]2OC[C@@H](Cc3ccccc3)[C@H]12)/c1ccccc1. The van der Waals surface area contributed by atoms with Crippen LogP contribution in [0.2, 0.25) is 0 Å². The molecule has 0 N–H and O–H groups in total. The normalized spacial score (nSPS) is 25.2. The molecule has 1 nitrogen and oxygen atoms in total. The molecule has 0 radical (unpaired) electrons. The number of ether oxygens (including phenoxy) is 1. The molecule has 3 aromatic rings. The molecule has 1 aliphatic heterocycles. The van der Waals surface area contributed by atoms with Gasteiger partial charge in [-0.2, -0.15) is 0 Å². The number of hydrogen-bond acceptors (Lipinski definition) is 1. The van der Waals surface area contributed by atoms with Crippen LogP contribution in [0.25, 0.3) is 11.6 Å². The topological polar surface area (TPSA) is 9.23 Å². The van der Waals surface area contributed by atoms with Crippen molar-refractivity contribution < 1.29 is 4.74 Å². The summed E-state index contributed by atoms with van der Waals surface area (Å²) >= 11 is 0. The van der Waals surface area contributed by atoms with E-state index in [-0.39, 0.29) is 6.10 Å². The predicted molar refractivity (Wildman–Crippen MR) is 107 cm³/mol. The first-order valence-electron chi connectivity index (χ1n) is 9.41. The molecular formula is C25H22O. The molecule has 1 fully saturated rings. The largest absolute Gasteiger partial charge is 0.373 e. The van der Waals surface area contributed by atoms with Crippen LogP contribution in [-0.2, 0) is 11.2 Å². The van der Waals surface area contributed by atoms with E-state index in [9.17, 15) is 0 Å². The minimum absolute atomic E-state index is 0.204. The van der Waals surface area contributed by atoms with Crippen molar-refractivity contribution in [3.63, 3.8) is 0 Å². The summed E-state index contributed by atoms with van der Waals surface area (Å²) in [6.07, 6.45) is 3.65. The van der Waals surface area contributed by atoms with E-state index in [2.05, 4.69) is 91.0 Å². The summed E-state index contributed by atoms with van der Waals surface area (Å²) in [4.78, 5) is 0. The van der Waals surface area contributed by atoms with Gasteiger partial charge >= 0.3 is 0 Å². The quantitative estimate of drug-likeness (QED) is 0.587. The molecule has 3 aromatic carbocycles. The minimum Gasteiger partial charge on any atom is -0.373 e. The van der Waals surface area contributed by atoms with E-state index < -0.39 is 0 Å². The highest BCUT2D eigenvalue weighted by Gasteiger charge is 2.46. The van der Waals surface area contributed by atoms with Crippen LogP contribution in [0.5, 0.6) is 0 Å². The monoisotopic (exact) mass is 338 g/mol. The zero-order valence-electron chi connectivity index (χ0n) is 14.7. The van der Waals surface area contributed by atoms with E-state index in [0.717, 1.165) is 13.0 Å². The van der Waals surface area contributed by atoms with Gasteiger partial charge in [0.1, 0.15) is 0 Å². The van der Waals surface area contributed by atoms with Crippen LogP contribution in [0.4, 0.5) is 0 Å². The average Bonchev–Trinajstić information content (AvgIpc) is 3.24. The molecule has 1 heterocycles. The van der Waals surface area contributed by atoms with Crippen LogP contribution in [0, 0.1) is 11.8 Å². The Hall–Kier alpha value is -2.64. The lowest BCUT2D eigenvalue weighted by molar-refractivity contribution is 0.102. The molecular weight excluding hydrogens is 316 g/mol. The summed E-state index contributed by atoms with van der Waals surface area (Å²) in [5.74, 6) is 0.956. The Morgan fingerprint density at radius 1 is 0.808 bits per heavy atom. The van der Waals surface area contributed by atoms with Crippen LogP contribution in [0.3, 0.4) is 0 Å². The lowest BCUT2D eigenvalue weighted by Crippen LogP contribution is -2.14. The van der Waals surface area contributed by atoms with Crippen molar-refractivity contribution in [2.24, 2.45) is 11.8 Å². The molecule has 2 aliphatic rings. The predicted octanol–water partition coefficient (Wildman–Crippen LogP) is 5.79. The van der Waals surface area contributed by atoms with Crippen molar-refractivity contribution in [2.75, 3.05) is 6.61 Å². The van der Waals surface area contributed by atoms with Gasteiger partial charge in [0.05, 0.1) is 12.7 Å². The lowest BCUT2D eigenvalue weighted by Gasteiger charge is -2.19. The highest BCUT2D eigenvalue weighted by atomic mass is 16.5. The molecule has 0 unspecified atom stereocenters. The van der Waals surface area contributed by atoms with Crippen LogP contribution in [0.1, 0.15) is 28.4 Å². The van der Waals surface area contributed by atoms with Gasteiger partial charge in [0.15, 0.2) is 0 Å². The third-order valence-electron chi connectivity index (χ3n) is 5.72. The zero-order valence-corrected chi connectivity index (χ0v) is 14.7. The molecule has 128 valence electrons. The molecule has 5 rings (SSSR count). The Balaban J connectivity index is 1.56. The van der Waals surface area contributed by atoms with Gasteiger partial charge in [0.2, 0.25) is 0 Å². The fraction of sp³-hybridized carbons (Fsp3) is 0.200. The van der Waals surface area contributed by atoms with Gasteiger partial charge in [-0.1, -0.05) is 91.0 Å². The average molecular weight is 338 g/mol. The molecule has 1 saturated heterocycles. The first kappa shape index (κ1) is 15.6. The second-order valence-corrected chi connectivity index (χ2v) is 7.33. The van der Waals surface area contributed by atoms with Crippen molar-refractivity contribution in [2.45, 2.75) is 12.5 Å². The highest BCUT2D eigenvalue weighted by molar-refractivity contribution is 5.87. The number of fused-ring (bicyclic) bond motifs is 3. The van der Waals surface area contributed by atoms with Crippen molar-refractivity contribution in [1.82, 2.24) is 0 Å². The van der Waals surface area contributed by atoms with E-state index in [0.29, 0.717) is 11.8 Å². The number of benzene rings is 3. The van der Waals surface area contributed by atoms with Crippen molar-refractivity contribution >= 4 is 11.6 Å². The van der Waals surface area contributed by atoms with Crippen molar-refractivity contribution in [1.29, 1.82) is 0 Å². The van der Waals surface area contributed by atoms with E-state index in [1.54, 1.807) is 0 Å². The zero-order chi connectivity index (χ0) is 17.3. The van der Waals surface area contributed by atoms with E-state index >= 15 is 0 Å². The fourth-order valence-electron chi connectivity index (χ4n) is 4.58. The Morgan fingerprint density at radius 3 is 2.31 bits per heavy atom. The van der Waals surface area contributed by atoms with Gasteiger partial charge in [-0.15, -0.1) is 0 Å². The summed E-state index contributed by atoms with van der Waals surface area (Å²) in [5, 5.41) is 0. The van der Waals surface area contributed by atoms with Crippen LogP contribution in [0.15, 0.2) is 84.9 Å². The summed E-state index contributed by atoms with van der Waals surface area (Å²) in [5.41, 5.74) is 6.83. The molecule has 26 heavy (non-hydrogen) atoms. The van der Waals surface area contributed by atoms with Crippen LogP contribution < -0.4 is 0 Å². The van der Waals surface area contributed by atoms with Gasteiger partial charge in [-0.3, -0.25) is 0 Å². The number of hydrogen-bond donors (Lipinski definition) is 0. The smallest absolute Gasteiger partial charge is 0.0903 e. The second-order valence-electron chi connectivity index (χ2n) is 7.33. The number of rotatable bonds is 3. The molecule has 1 heteroatoms. The molecule has 0 spiro atoms. The Bertz CT molecular complexity index is 927. The third kappa shape index (κ3) is 2.69. The van der Waals surface area contributed by atoms with Crippen molar-refractivity contribution in [3.05, 3.63) is 107 Å². The van der Waals surface area contributed by atoms with Gasteiger partial charge in [-0.05, 0) is 40.2 Å². The fourth-order valence-corrected chi connectivity index (χ4v) is 4.58. The highest BCUT2D eigenvalue weighted by Crippen LogP contribution is 2.54. The lowest BCUT2D eigenvalue weighted by atomic mass is 9.83. The molecule has 0 aromatic heterocycles. The molecule has 1 aliphatic carbocycles. The maximum Gasteiger partial charge on any atom is 0.0903 e. The second kappa shape index (κ2) is 6.59. The Morgan fingerprint density at radius 2 is 1.50 bits per heavy atom. The van der Waals surface area contributed by atoms with Crippen LogP contribution >= 0.6 is 0 Å². The van der Waals surface area contributed by atoms with E-state index in [1.165, 1.54) is 27.8 Å². The first-order valence-corrected chi connectivity index (χ1v) is 9.41. The standard InChI is InChI=1S/C25H22O/c1-3-9-18(10-4-1)15-20-17-26-25-22-14-8-7-13-21(22)23(24(20)25)16-19-11-5-2-6-12-19/h1-14,16,20,24-25H,15,17H2/b23-16+/t20-,24-,25+/m1/s1. The van der Waals surface area contributed by atoms with Gasteiger partial charge < -0.3 is 4.74 Å². The first-order chi connectivity index (χ1) is 12.9. The third-order valence-corrected chi connectivity index (χ3v) is 5.72. The van der Waals surface area contributed by atoms with Crippen molar-refractivity contribution in [3.8, 4) is 0 Å². The maximum atomic E-state index is 6.32. The molecule has 0 saturated carbocycles. The van der Waals surface area contributed by atoms with Gasteiger partial charge in [0, 0.05) is 5.92 Å². The van der Waals surface area contributed by atoms with Gasteiger partial charge in [0.25, 0.3) is 0 Å². The summed E-state index contributed by atoms with van der Waals surface area (Å²) in [6.45, 7) is 0.838. The minimum atomic E-state index is 0.204. The summed E-state index contributed by atoms with van der Waals surface area (Å²) < 4.78 is 6.32. The molecule has 3 atom stereocenters. The molecule has 0 bridgehead atoms. The Kier molecular flexibility index (Phi) is 3.95. The summed E-state index contributed by atoms with van der Waals surface area (Å²) in [7, 11) is 0. The van der Waals surface area contributed by atoms with E-state index in [4.69, 9.17) is 4.74 Å². The van der Waals surface area contributed by atoms with Crippen LogP contribution in [-0.4, -0.2) is 6.61 Å². The molecule has 0 amide bonds.